The maximum absolute atomic E-state index is 12.6. The van der Waals surface area contributed by atoms with Crippen LogP contribution in [0, 0.1) is 0 Å². The van der Waals surface area contributed by atoms with Gasteiger partial charge < -0.3 is 23.6 Å². The van der Waals surface area contributed by atoms with Crippen molar-refractivity contribution in [3.05, 3.63) is 0 Å². The van der Waals surface area contributed by atoms with E-state index in [-0.39, 0.29) is 34.4 Å². The number of hydrogen-bond donors (Lipinski definition) is 1. The lowest BCUT2D eigenvalue weighted by Gasteiger charge is -2.51. The first-order valence-corrected chi connectivity index (χ1v) is 14.9. The predicted molar refractivity (Wildman–Crippen MR) is 153 cm³/mol. The van der Waals surface area contributed by atoms with Crippen LogP contribution in [-0.4, -0.2) is 126 Å². The van der Waals surface area contributed by atoms with Crippen LogP contribution in [0.15, 0.2) is 0 Å². The van der Waals surface area contributed by atoms with E-state index in [0.29, 0.717) is 0 Å². The molecule has 2 aliphatic rings. The number of hydroxylamine groups is 4. The lowest BCUT2D eigenvalue weighted by Crippen LogP contribution is -2.60. The number of nitrogens with zero attached hydrogens (tertiary/aromatic N) is 4. The van der Waals surface area contributed by atoms with Crippen LogP contribution in [0.3, 0.4) is 0 Å². The van der Waals surface area contributed by atoms with E-state index in [4.69, 9.17) is 9.47 Å². The molecule has 0 aliphatic carbocycles. The zero-order valence-electron chi connectivity index (χ0n) is 27.1. The predicted octanol–water partition coefficient (Wildman–Crippen LogP) is 4.73. The van der Waals surface area contributed by atoms with Crippen molar-refractivity contribution in [2.75, 3.05) is 67.6 Å². The number of ether oxygens (including phenoxy) is 2. The highest BCUT2D eigenvalue weighted by atomic mass is 16.5. The Balaban J connectivity index is 1.67. The summed E-state index contributed by atoms with van der Waals surface area (Å²) in [4.78, 5) is 0. The summed E-state index contributed by atoms with van der Waals surface area (Å²) in [5, 5.41) is 25.9. The Bertz CT molecular complexity index is 653. The molecule has 1 N–H and O–H groups in total. The minimum Gasteiger partial charge on any atom is -0.378 e. The maximum atomic E-state index is 12.6. The van der Waals surface area contributed by atoms with Gasteiger partial charge in [-0.05, 0) is 81.1 Å². The molecule has 2 rings (SSSR count). The van der Waals surface area contributed by atoms with E-state index in [0.717, 1.165) is 86.9 Å². The van der Waals surface area contributed by atoms with Crippen molar-refractivity contribution >= 4 is 0 Å². The second-order valence-electron chi connectivity index (χ2n) is 16.1. The molecule has 0 saturated carbocycles. The van der Waals surface area contributed by atoms with Gasteiger partial charge in [0.05, 0.1) is 66.7 Å². The molecular weight excluding hydrogens is 480 g/mol. The molecule has 0 aromatic heterocycles. The number of piperidine rings is 2. The fraction of sp³-hybridized carbons (Fsp3) is 1.00. The molecule has 0 atom stereocenters. The van der Waals surface area contributed by atoms with Gasteiger partial charge in [-0.1, -0.05) is 0 Å². The van der Waals surface area contributed by atoms with Gasteiger partial charge in [0.2, 0.25) is 0 Å². The smallest absolute Gasteiger partial charge is 0.128 e. The average molecular weight is 544 g/mol. The molecule has 38 heavy (non-hydrogen) atoms. The molecule has 2 aliphatic heterocycles. The van der Waals surface area contributed by atoms with Gasteiger partial charge in [-0.25, -0.2) is 0 Å². The molecule has 0 amide bonds. The van der Waals surface area contributed by atoms with E-state index in [1.807, 2.05) is 27.7 Å². The topological polar surface area (TPSA) is 65.1 Å². The minimum absolute atomic E-state index is 0.159. The highest BCUT2D eigenvalue weighted by Gasteiger charge is 2.47. The Morgan fingerprint density at radius 1 is 0.632 bits per heavy atom. The Morgan fingerprint density at radius 3 is 1.29 bits per heavy atom. The number of rotatable bonds is 13. The number of hydrogen-bond acceptors (Lipinski definition) is 5. The normalized spacial score (nSPS) is 25.1. The summed E-state index contributed by atoms with van der Waals surface area (Å²) in [7, 11) is 9.29. The second kappa shape index (κ2) is 12.3. The van der Waals surface area contributed by atoms with Crippen LogP contribution in [0.1, 0.15) is 93.9 Å². The molecule has 2 saturated heterocycles. The third kappa shape index (κ3) is 9.65. The van der Waals surface area contributed by atoms with Crippen LogP contribution < -0.4 is 0 Å². The first kappa shape index (κ1) is 33.9. The fourth-order valence-corrected chi connectivity index (χ4v) is 6.84. The number of quaternary nitrogens is 2. The molecule has 1 radical (unpaired) electrons. The Labute approximate surface area is 234 Å². The van der Waals surface area contributed by atoms with E-state index in [2.05, 4.69) is 55.9 Å². The van der Waals surface area contributed by atoms with E-state index in [9.17, 15) is 10.4 Å². The van der Waals surface area contributed by atoms with Gasteiger partial charge in [-0.3, -0.25) is 0 Å². The summed E-state index contributed by atoms with van der Waals surface area (Å²) in [6.07, 6.45) is 5.73. The molecule has 0 spiro atoms. The summed E-state index contributed by atoms with van der Waals surface area (Å²) in [5.41, 5.74) is -1.28. The first-order valence-electron chi connectivity index (χ1n) is 14.9. The largest absolute Gasteiger partial charge is 0.378 e. The lowest BCUT2D eigenvalue weighted by molar-refractivity contribution is -0.946. The average Bonchev–Trinajstić information content (AvgIpc) is 2.74. The molecule has 225 valence electrons. The summed E-state index contributed by atoms with van der Waals surface area (Å²) in [6.45, 7) is 22.5. The quantitative estimate of drug-likeness (QED) is 0.269. The zero-order valence-corrected chi connectivity index (χ0v) is 27.1. The Morgan fingerprint density at radius 2 is 0.947 bits per heavy atom. The molecular formula is C30H63N4O4+2. The van der Waals surface area contributed by atoms with Gasteiger partial charge in [-0.15, -0.1) is 10.3 Å². The number of likely N-dealkylation sites (N-methyl/N-ethyl adjacent to an activating group) is 2. The zero-order chi connectivity index (χ0) is 29.2. The van der Waals surface area contributed by atoms with Crippen molar-refractivity contribution in [2.24, 2.45) is 0 Å². The molecule has 0 aromatic rings. The van der Waals surface area contributed by atoms with E-state index < -0.39 is 0 Å². The molecule has 2 heterocycles. The van der Waals surface area contributed by atoms with Gasteiger partial charge in [-0.2, -0.15) is 5.06 Å². The third-order valence-corrected chi connectivity index (χ3v) is 8.99. The Kier molecular flexibility index (Phi) is 10.9. The van der Waals surface area contributed by atoms with Crippen molar-refractivity contribution in [3.8, 4) is 0 Å². The fourth-order valence-electron chi connectivity index (χ4n) is 6.84. The molecule has 2 fully saturated rings. The van der Waals surface area contributed by atoms with Gasteiger partial charge in [0, 0.05) is 35.0 Å². The van der Waals surface area contributed by atoms with Crippen molar-refractivity contribution in [1.29, 1.82) is 0 Å². The maximum Gasteiger partial charge on any atom is 0.128 e. The summed E-state index contributed by atoms with van der Waals surface area (Å²) < 4.78 is 14.6. The van der Waals surface area contributed by atoms with Crippen molar-refractivity contribution in [1.82, 2.24) is 10.1 Å². The van der Waals surface area contributed by atoms with Crippen molar-refractivity contribution in [3.63, 3.8) is 0 Å². The molecule has 0 aromatic carbocycles. The van der Waals surface area contributed by atoms with Crippen molar-refractivity contribution in [2.45, 2.75) is 128 Å². The van der Waals surface area contributed by atoms with Gasteiger partial charge in [0.25, 0.3) is 0 Å². The lowest BCUT2D eigenvalue weighted by atomic mass is 9.80. The Hall–Kier alpha value is -0.320. The monoisotopic (exact) mass is 543 g/mol. The first-order chi connectivity index (χ1) is 17.1. The molecule has 0 unspecified atom stereocenters. The molecule has 8 nitrogen and oxygen atoms in total. The van der Waals surface area contributed by atoms with Gasteiger partial charge in [0.15, 0.2) is 0 Å². The van der Waals surface area contributed by atoms with Crippen LogP contribution in [0.2, 0.25) is 0 Å². The molecule has 0 bridgehead atoms. The van der Waals surface area contributed by atoms with Crippen LogP contribution in [0.5, 0.6) is 0 Å². The van der Waals surface area contributed by atoms with Crippen LogP contribution in [0.25, 0.3) is 0 Å². The second-order valence-corrected chi connectivity index (χ2v) is 16.1. The summed E-state index contributed by atoms with van der Waals surface area (Å²) in [5.74, 6) is 0. The van der Waals surface area contributed by atoms with Crippen LogP contribution in [0.4, 0.5) is 0 Å². The van der Waals surface area contributed by atoms with Gasteiger partial charge in [0.1, 0.15) is 13.1 Å². The van der Waals surface area contributed by atoms with Crippen molar-refractivity contribution < 1.29 is 28.9 Å². The standard InChI is InChI=1S/C30H63N4O4/c1-27(2)21-25(22-28(3,4)31(27)35)37-19-13-15-33(9,10)17-18-34(11,12)16-14-20-38-26-23-29(5,6)32(36)30(7,8)24-26/h25-26,35H,13-24H2,1-12H3/q+2. The van der Waals surface area contributed by atoms with E-state index >= 15 is 0 Å². The highest BCUT2D eigenvalue weighted by molar-refractivity contribution is 4.97. The molecule has 8 heteroatoms. The van der Waals surface area contributed by atoms with Gasteiger partial charge >= 0.3 is 0 Å². The SMILES string of the molecule is CC1(C)CC(OCCC[N+](C)(C)CC[N+](C)(C)CCCOC2CC(C)(C)N(O)C(C)(C)C2)CC(C)(C)N1[O]. The van der Waals surface area contributed by atoms with Crippen LogP contribution in [-0.2, 0) is 14.7 Å². The van der Waals surface area contributed by atoms with Crippen LogP contribution >= 0.6 is 0 Å². The third-order valence-electron chi connectivity index (χ3n) is 8.99. The van der Waals surface area contributed by atoms with E-state index in [1.165, 1.54) is 10.1 Å². The minimum atomic E-state index is -0.374. The summed E-state index contributed by atoms with van der Waals surface area (Å²) >= 11 is 0. The van der Waals surface area contributed by atoms with E-state index in [1.54, 1.807) is 0 Å². The highest BCUT2D eigenvalue weighted by Crippen LogP contribution is 2.39. The summed E-state index contributed by atoms with van der Waals surface area (Å²) in [6, 6.07) is 0.